The van der Waals surface area contributed by atoms with E-state index in [1.165, 1.54) is 11.0 Å². The highest BCUT2D eigenvalue weighted by Gasteiger charge is 2.46. The van der Waals surface area contributed by atoms with Crippen LogP contribution >= 0.6 is 0 Å². The van der Waals surface area contributed by atoms with Crippen molar-refractivity contribution in [3.8, 4) is 5.95 Å². The van der Waals surface area contributed by atoms with E-state index in [1.807, 2.05) is 0 Å². The van der Waals surface area contributed by atoms with Gasteiger partial charge in [-0.25, -0.2) is 9.97 Å². The molecule has 2 aromatic rings. The van der Waals surface area contributed by atoms with Crippen molar-refractivity contribution in [2.45, 2.75) is 31.8 Å². The van der Waals surface area contributed by atoms with E-state index in [9.17, 15) is 4.79 Å². The molecule has 0 spiro atoms. The molecule has 9 heteroatoms. The number of oxime groups is 1. The lowest BCUT2D eigenvalue weighted by molar-refractivity contribution is -0.136. The summed E-state index contributed by atoms with van der Waals surface area (Å²) in [6.45, 7) is 1.72. The summed E-state index contributed by atoms with van der Waals surface area (Å²) in [5.41, 5.74) is -0.0535. The van der Waals surface area contributed by atoms with Crippen LogP contribution in [0.25, 0.3) is 5.95 Å². The number of anilines is 1. The van der Waals surface area contributed by atoms with E-state index in [0.29, 0.717) is 18.3 Å². The SMILES string of the molecule is CC1(C(=O)Nc2ncnn2-c2ncccn2)CC(C2CC2)=NO1. The molecule has 1 aliphatic carbocycles. The maximum absolute atomic E-state index is 12.6. The summed E-state index contributed by atoms with van der Waals surface area (Å²) in [7, 11) is 0. The Morgan fingerprint density at radius 2 is 2.13 bits per heavy atom. The third kappa shape index (κ3) is 2.54. The molecule has 1 aliphatic heterocycles. The summed E-state index contributed by atoms with van der Waals surface area (Å²) >= 11 is 0. The van der Waals surface area contributed by atoms with Gasteiger partial charge in [0, 0.05) is 24.7 Å². The lowest BCUT2D eigenvalue weighted by Gasteiger charge is -2.19. The van der Waals surface area contributed by atoms with Gasteiger partial charge in [0.25, 0.3) is 11.9 Å². The largest absolute Gasteiger partial charge is 0.379 e. The molecule has 0 aromatic carbocycles. The zero-order valence-electron chi connectivity index (χ0n) is 12.5. The van der Waals surface area contributed by atoms with Crippen LogP contribution in [0.4, 0.5) is 5.95 Å². The van der Waals surface area contributed by atoms with Crippen molar-refractivity contribution in [3.05, 3.63) is 24.8 Å². The number of nitrogens with one attached hydrogen (secondary N) is 1. The second kappa shape index (κ2) is 5.11. The maximum Gasteiger partial charge on any atom is 0.273 e. The summed E-state index contributed by atoms with van der Waals surface area (Å²) in [6.07, 6.45) is 7.26. The van der Waals surface area contributed by atoms with E-state index >= 15 is 0 Å². The molecule has 1 saturated carbocycles. The molecular weight excluding hydrogens is 298 g/mol. The average molecular weight is 313 g/mol. The smallest absolute Gasteiger partial charge is 0.273 e. The van der Waals surface area contributed by atoms with Crippen LogP contribution in [0.1, 0.15) is 26.2 Å². The third-order valence-electron chi connectivity index (χ3n) is 3.93. The topological polar surface area (TPSA) is 107 Å². The predicted molar refractivity (Wildman–Crippen MR) is 79.8 cm³/mol. The Morgan fingerprint density at radius 3 is 2.87 bits per heavy atom. The van der Waals surface area contributed by atoms with Gasteiger partial charge >= 0.3 is 0 Å². The van der Waals surface area contributed by atoms with Crippen LogP contribution in [0.2, 0.25) is 0 Å². The fraction of sp³-hybridized carbons (Fsp3) is 0.429. The molecule has 118 valence electrons. The van der Waals surface area contributed by atoms with Crippen LogP contribution in [0.3, 0.4) is 0 Å². The van der Waals surface area contributed by atoms with Crippen LogP contribution in [-0.2, 0) is 9.63 Å². The number of carbonyl (C=O) groups excluding carboxylic acids is 1. The highest BCUT2D eigenvalue weighted by Crippen LogP contribution is 2.38. The number of amides is 1. The van der Waals surface area contributed by atoms with Crippen molar-refractivity contribution >= 4 is 17.6 Å². The number of carbonyl (C=O) groups is 1. The van der Waals surface area contributed by atoms with Crippen molar-refractivity contribution in [1.29, 1.82) is 0 Å². The minimum atomic E-state index is -1.02. The monoisotopic (exact) mass is 313 g/mol. The Bertz CT molecular complexity index is 768. The van der Waals surface area contributed by atoms with Crippen molar-refractivity contribution in [3.63, 3.8) is 0 Å². The average Bonchev–Trinajstić information content (AvgIpc) is 3.18. The van der Waals surface area contributed by atoms with Gasteiger partial charge in [0.1, 0.15) is 6.33 Å². The molecule has 3 heterocycles. The van der Waals surface area contributed by atoms with E-state index in [0.717, 1.165) is 18.6 Å². The molecule has 1 unspecified atom stereocenters. The highest BCUT2D eigenvalue weighted by atomic mass is 16.7. The molecular formula is C14H15N7O2. The summed E-state index contributed by atoms with van der Waals surface area (Å²) in [6, 6.07) is 1.70. The van der Waals surface area contributed by atoms with Gasteiger partial charge in [-0.05, 0) is 25.8 Å². The van der Waals surface area contributed by atoms with Crippen LogP contribution in [-0.4, -0.2) is 42.0 Å². The van der Waals surface area contributed by atoms with Gasteiger partial charge < -0.3 is 4.84 Å². The fourth-order valence-electron chi connectivity index (χ4n) is 2.43. The quantitative estimate of drug-likeness (QED) is 0.900. The molecule has 0 saturated heterocycles. The van der Waals surface area contributed by atoms with Gasteiger partial charge in [-0.3, -0.25) is 10.1 Å². The van der Waals surface area contributed by atoms with Gasteiger partial charge in [0.05, 0.1) is 5.71 Å². The van der Waals surface area contributed by atoms with Crippen LogP contribution in [0.15, 0.2) is 29.9 Å². The zero-order chi connectivity index (χ0) is 15.9. The lowest BCUT2D eigenvalue weighted by Crippen LogP contribution is -2.41. The fourth-order valence-corrected chi connectivity index (χ4v) is 2.43. The van der Waals surface area contributed by atoms with Gasteiger partial charge in [-0.2, -0.15) is 14.8 Å². The molecule has 4 rings (SSSR count). The highest BCUT2D eigenvalue weighted by molar-refractivity contribution is 6.02. The molecule has 23 heavy (non-hydrogen) atoms. The molecule has 2 aromatic heterocycles. The molecule has 9 nitrogen and oxygen atoms in total. The Kier molecular flexibility index (Phi) is 3.07. The number of rotatable bonds is 4. The normalized spacial score (nSPS) is 23.3. The summed E-state index contributed by atoms with van der Waals surface area (Å²) < 4.78 is 1.36. The second-order valence-corrected chi connectivity index (χ2v) is 5.85. The van der Waals surface area contributed by atoms with Crippen molar-refractivity contribution in [2.75, 3.05) is 5.32 Å². The third-order valence-corrected chi connectivity index (χ3v) is 3.93. The van der Waals surface area contributed by atoms with Crippen LogP contribution < -0.4 is 5.32 Å². The van der Waals surface area contributed by atoms with E-state index in [2.05, 4.69) is 30.5 Å². The van der Waals surface area contributed by atoms with Gasteiger partial charge in [-0.1, -0.05) is 5.16 Å². The van der Waals surface area contributed by atoms with E-state index in [-0.39, 0.29) is 11.9 Å². The molecule has 0 radical (unpaired) electrons. The number of aromatic nitrogens is 5. The maximum atomic E-state index is 12.6. The summed E-state index contributed by atoms with van der Waals surface area (Å²) in [4.78, 5) is 30.2. The summed E-state index contributed by atoms with van der Waals surface area (Å²) in [5.74, 6) is 0.728. The first-order chi connectivity index (χ1) is 11.2. The molecule has 1 N–H and O–H groups in total. The van der Waals surface area contributed by atoms with Gasteiger partial charge in [0.15, 0.2) is 0 Å². The molecule has 1 fully saturated rings. The van der Waals surface area contributed by atoms with Crippen molar-refractivity contribution in [1.82, 2.24) is 24.7 Å². The Hall–Kier alpha value is -2.84. The van der Waals surface area contributed by atoms with E-state index < -0.39 is 5.60 Å². The molecule has 2 aliphatic rings. The zero-order valence-corrected chi connectivity index (χ0v) is 12.5. The first kappa shape index (κ1) is 13.8. The number of hydrogen-bond donors (Lipinski definition) is 1. The van der Waals surface area contributed by atoms with Crippen LogP contribution in [0, 0.1) is 5.92 Å². The molecule has 0 bridgehead atoms. The first-order valence-corrected chi connectivity index (χ1v) is 7.39. The van der Waals surface area contributed by atoms with Crippen LogP contribution in [0.5, 0.6) is 0 Å². The predicted octanol–water partition coefficient (Wildman–Crippen LogP) is 0.941. The summed E-state index contributed by atoms with van der Waals surface area (Å²) in [5, 5.41) is 10.8. The van der Waals surface area contributed by atoms with E-state index in [1.54, 1.807) is 25.4 Å². The Labute approximate surface area is 131 Å². The van der Waals surface area contributed by atoms with Gasteiger partial charge in [0.2, 0.25) is 11.5 Å². The van der Waals surface area contributed by atoms with Crippen molar-refractivity contribution < 1.29 is 9.63 Å². The van der Waals surface area contributed by atoms with Gasteiger partial charge in [-0.15, -0.1) is 0 Å². The number of hydrogen-bond acceptors (Lipinski definition) is 7. The molecule has 1 atom stereocenters. The minimum Gasteiger partial charge on any atom is -0.379 e. The first-order valence-electron chi connectivity index (χ1n) is 7.39. The molecule has 1 amide bonds. The standard InChI is InChI=1S/C14H15N7O2/c1-14(7-10(20-23-14)9-3-4-9)11(22)19-13-17-8-18-21(13)12-15-5-2-6-16-12/h2,5-6,8-9H,3-4,7H2,1H3,(H,17,18,19,22). The Morgan fingerprint density at radius 1 is 1.35 bits per heavy atom. The second-order valence-electron chi connectivity index (χ2n) is 5.85. The minimum absolute atomic E-state index is 0.242. The lowest BCUT2D eigenvalue weighted by atomic mass is 9.97. The van der Waals surface area contributed by atoms with Crippen molar-refractivity contribution in [2.24, 2.45) is 11.1 Å². The van der Waals surface area contributed by atoms with E-state index in [4.69, 9.17) is 4.84 Å². The Balaban J connectivity index is 1.51. The number of nitrogens with zero attached hydrogens (tertiary/aromatic N) is 6.